The summed E-state index contributed by atoms with van der Waals surface area (Å²) in [6, 6.07) is 8.88. The lowest BCUT2D eigenvalue weighted by atomic mass is 9.89. The predicted octanol–water partition coefficient (Wildman–Crippen LogP) is 3.91. The number of carbonyl (C=O) groups is 1. The smallest absolute Gasteiger partial charge is 0.407 e. The maximum absolute atomic E-state index is 12.7. The molecule has 2 aromatic rings. The van der Waals surface area contributed by atoms with E-state index in [1.54, 1.807) is 0 Å². The minimum absolute atomic E-state index is 0.0287. The summed E-state index contributed by atoms with van der Waals surface area (Å²) in [6.07, 6.45) is 3.18. The molecule has 3 atom stereocenters. The Hall–Kier alpha value is -2.52. The summed E-state index contributed by atoms with van der Waals surface area (Å²) in [6.45, 7) is 9.45. The molecule has 35 heavy (non-hydrogen) atoms. The van der Waals surface area contributed by atoms with Crippen molar-refractivity contribution in [3.63, 3.8) is 0 Å². The molecule has 0 bridgehead atoms. The van der Waals surface area contributed by atoms with Gasteiger partial charge in [0.2, 0.25) is 10.8 Å². The molecule has 188 valence electrons. The highest BCUT2D eigenvalue weighted by atomic mass is 32.2. The molecule has 1 aromatic heterocycles. The summed E-state index contributed by atoms with van der Waals surface area (Å²) >= 11 is -1.10. The van der Waals surface area contributed by atoms with E-state index < -0.39 is 22.9 Å². The van der Waals surface area contributed by atoms with Gasteiger partial charge < -0.3 is 24.8 Å². The van der Waals surface area contributed by atoms with E-state index in [1.165, 1.54) is 11.1 Å². The van der Waals surface area contributed by atoms with Crippen molar-refractivity contribution in [2.75, 3.05) is 29.1 Å². The predicted molar refractivity (Wildman–Crippen MR) is 138 cm³/mol. The molecule has 2 N–H and O–H groups in total. The molecule has 0 radical (unpaired) electrons. The number of rotatable bonds is 5. The van der Waals surface area contributed by atoms with Crippen LogP contribution >= 0.6 is 0 Å². The zero-order valence-corrected chi connectivity index (χ0v) is 21.8. The van der Waals surface area contributed by atoms with E-state index in [4.69, 9.17) is 14.7 Å². The first-order valence-corrected chi connectivity index (χ1v) is 13.8. The summed E-state index contributed by atoms with van der Waals surface area (Å²) in [4.78, 5) is 24.8. The lowest BCUT2D eigenvalue weighted by molar-refractivity contribution is 0.0523. The Balaban J connectivity index is 1.25. The summed E-state index contributed by atoms with van der Waals surface area (Å²) in [5, 5.41) is 6.35. The van der Waals surface area contributed by atoms with Gasteiger partial charge in [-0.25, -0.2) is 9.78 Å². The zero-order valence-electron chi connectivity index (χ0n) is 21.0. The lowest BCUT2D eigenvalue weighted by Gasteiger charge is -2.32. The van der Waals surface area contributed by atoms with Gasteiger partial charge in [-0.05, 0) is 69.6 Å². The number of aryl methyl sites for hydroxylation is 2. The molecule has 1 aliphatic carbocycles. The van der Waals surface area contributed by atoms with E-state index in [1.807, 2.05) is 20.8 Å². The topological polar surface area (TPSA) is 102 Å². The van der Waals surface area contributed by atoms with E-state index in [0.717, 1.165) is 42.9 Å². The number of hydrogen-bond acceptors (Lipinski definition) is 7. The SMILES string of the molecule is Cc1ccc(C2CCN(c3nc4c(c(NC5C[C@@H]5NC(=O)OC(C)(C)C)n3)[S+]([O-])CC4)CC2)cc1. The third kappa shape index (κ3) is 5.67. The van der Waals surface area contributed by atoms with Gasteiger partial charge >= 0.3 is 6.09 Å². The van der Waals surface area contributed by atoms with E-state index in [0.29, 0.717) is 29.9 Å². The van der Waals surface area contributed by atoms with Gasteiger partial charge in [-0.1, -0.05) is 29.8 Å². The van der Waals surface area contributed by atoms with Crippen molar-refractivity contribution >= 4 is 29.0 Å². The first kappa shape index (κ1) is 24.2. The van der Waals surface area contributed by atoms with Crippen LogP contribution < -0.4 is 15.5 Å². The summed E-state index contributed by atoms with van der Waals surface area (Å²) in [5.74, 6) is 2.50. The first-order chi connectivity index (χ1) is 16.7. The molecule has 1 saturated heterocycles. The second-order valence-electron chi connectivity index (χ2n) is 10.9. The maximum atomic E-state index is 12.7. The van der Waals surface area contributed by atoms with Gasteiger partial charge in [0.25, 0.3) is 0 Å². The highest BCUT2D eigenvalue weighted by Crippen LogP contribution is 2.37. The summed E-state index contributed by atoms with van der Waals surface area (Å²) in [5.41, 5.74) is 3.04. The average molecular weight is 498 g/mol. The van der Waals surface area contributed by atoms with Crippen LogP contribution in [0.15, 0.2) is 29.2 Å². The molecule has 5 rings (SSSR count). The number of amides is 1. The third-order valence-electron chi connectivity index (χ3n) is 6.82. The molecular weight excluding hydrogens is 462 g/mol. The standard InChI is InChI=1S/C26H35N5O3S/c1-16-5-7-17(8-6-16)18-9-12-31(13-10-18)24-28-19-11-14-35(33)22(19)23(30-24)27-20-15-21(20)29-25(32)34-26(2,3)4/h5-8,18,20-21H,9-15H2,1-4H3,(H,29,32)(H,27,28,30)/t20?,21-,35?/m0/s1. The van der Waals surface area contributed by atoms with E-state index in [9.17, 15) is 9.35 Å². The number of carbonyl (C=O) groups excluding carboxylic acids is 1. The van der Waals surface area contributed by atoms with Crippen molar-refractivity contribution in [1.82, 2.24) is 15.3 Å². The Morgan fingerprint density at radius 1 is 1.14 bits per heavy atom. The van der Waals surface area contributed by atoms with Crippen molar-refractivity contribution in [2.24, 2.45) is 0 Å². The van der Waals surface area contributed by atoms with Crippen LogP contribution in [0.25, 0.3) is 0 Å². The Labute approximate surface area is 210 Å². The minimum atomic E-state index is -1.10. The fraction of sp³-hybridized carbons (Fsp3) is 0.577. The molecule has 1 amide bonds. The largest absolute Gasteiger partial charge is 0.611 e. The molecule has 0 spiro atoms. The zero-order chi connectivity index (χ0) is 24.7. The van der Waals surface area contributed by atoms with Crippen molar-refractivity contribution in [1.29, 1.82) is 0 Å². The van der Waals surface area contributed by atoms with E-state index in [2.05, 4.69) is 46.7 Å². The number of fused-ring (bicyclic) bond motifs is 1. The van der Waals surface area contributed by atoms with Crippen LogP contribution in [0.1, 0.15) is 62.8 Å². The maximum Gasteiger partial charge on any atom is 0.407 e. The number of ether oxygens (including phenoxy) is 1. The quantitative estimate of drug-likeness (QED) is 0.604. The summed E-state index contributed by atoms with van der Waals surface area (Å²) in [7, 11) is 0. The second-order valence-corrected chi connectivity index (χ2v) is 12.4. The van der Waals surface area contributed by atoms with Crippen LogP contribution in [0, 0.1) is 6.92 Å². The molecular formula is C26H35N5O3S. The monoisotopic (exact) mass is 497 g/mol. The highest BCUT2D eigenvalue weighted by molar-refractivity contribution is 7.91. The van der Waals surface area contributed by atoms with Gasteiger partial charge in [0.05, 0.1) is 12.1 Å². The molecule has 2 unspecified atom stereocenters. The van der Waals surface area contributed by atoms with Gasteiger partial charge in [-0.2, -0.15) is 4.98 Å². The average Bonchev–Trinajstić information content (AvgIpc) is 3.40. The third-order valence-corrected chi connectivity index (χ3v) is 8.28. The first-order valence-electron chi connectivity index (χ1n) is 12.5. The van der Waals surface area contributed by atoms with Gasteiger partial charge in [0.1, 0.15) is 17.0 Å². The van der Waals surface area contributed by atoms with Crippen LogP contribution in [-0.2, 0) is 22.3 Å². The number of piperidine rings is 1. The number of hydrogen-bond donors (Lipinski definition) is 2. The van der Waals surface area contributed by atoms with Crippen LogP contribution in [0.4, 0.5) is 16.6 Å². The van der Waals surface area contributed by atoms with Crippen LogP contribution in [0.5, 0.6) is 0 Å². The fourth-order valence-corrected chi connectivity index (χ4v) is 6.14. The molecule has 2 aliphatic heterocycles. The highest BCUT2D eigenvalue weighted by Gasteiger charge is 2.42. The van der Waals surface area contributed by atoms with Gasteiger partial charge in [0.15, 0.2) is 5.82 Å². The second kappa shape index (κ2) is 9.50. The molecule has 2 fully saturated rings. The van der Waals surface area contributed by atoms with Crippen LogP contribution in [-0.4, -0.2) is 57.1 Å². The molecule has 8 nitrogen and oxygen atoms in total. The molecule has 9 heteroatoms. The summed E-state index contributed by atoms with van der Waals surface area (Å²) < 4.78 is 18.1. The number of nitrogens with one attached hydrogen (secondary N) is 2. The number of benzene rings is 1. The van der Waals surface area contributed by atoms with Crippen LogP contribution in [0.2, 0.25) is 0 Å². The Kier molecular flexibility index (Phi) is 6.57. The van der Waals surface area contributed by atoms with Crippen molar-refractivity contribution < 1.29 is 14.1 Å². The number of aromatic nitrogens is 2. The lowest BCUT2D eigenvalue weighted by Crippen LogP contribution is -2.36. The Bertz CT molecular complexity index is 1080. The fourth-order valence-electron chi connectivity index (χ4n) is 4.82. The minimum Gasteiger partial charge on any atom is -0.611 e. The Morgan fingerprint density at radius 3 is 2.54 bits per heavy atom. The number of anilines is 2. The van der Waals surface area contributed by atoms with Gasteiger partial charge in [-0.3, -0.25) is 0 Å². The normalized spacial score (nSPS) is 24.1. The van der Waals surface area contributed by atoms with Crippen molar-refractivity contribution in [3.8, 4) is 0 Å². The van der Waals surface area contributed by atoms with Crippen molar-refractivity contribution in [3.05, 3.63) is 41.1 Å². The number of alkyl carbamates (subject to hydrolysis) is 1. The molecule has 1 aromatic carbocycles. The van der Waals surface area contributed by atoms with E-state index >= 15 is 0 Å². The van der Waals surface area contributed by atoms with E-state index in [-0.39, 0.29) is 12.1 Å². The molecule has 3 heterocycles. The molecule has 3 aliphatic rings. The Morgan fingerprint density at radius 2 is 1.86 bits per heavy atom. The number of nitrogens with zero attached hydrogens (tertiary/aromatic N) is 3. The van der Waals surface area contributed by atoms with Gasteiger partial charge in [0, 0.05) is 19.5 Å². The van der Waals surface area contributed by atoms with Gasteiger partial charge in [-0.15, -0.1) is 0 Å². The molecule has 1 saturated carbocycles. The van der Waals surface area contributed by atoms with Crippen molar-refractivity contribution in [2.45, 2.75) is 81.9 Å². The van der Waals surface area contributed by atoms with Crippen LogP contribution in [0.3, 0.4) is 0 Å².